The first kappa shape index (κ1) is 28.6. The number of pyridine rings is 1. The molecule has 1 aliphatic carbocycles. The number of hydrogen-bond donors (Lipinski definition) is 5. The van der Waals surface area contributed by atoms with E-state index >= 15 is 0 Å². The van der Waals surface area contributed by atoms with Gasteiger partial charge in [-0.25, -0.2) is 18.4 Å². The third kappa shape index (κ3) is 5.62. The Morgan fingerprint density at radius 1 is 1.13 bits per heavy atom. The Morgan fingerprint density at radius 2 is 1.84 bits per heavy atom. The van der Waals surface area contributed by atoms with E-state index in [0.29, 0.717) is 28.5 Å². The fraction of sp³-hybridized carbons (Fsp3) is 0.600. The van der Waals surface area contributed by atoms with E-state index in [1.54, 1.807) is 33.9 Å². The molecule has 1 aliphatic rings. The minimum absolute atomic E-state index is 0.0979. The highest BCUT2D eigenvalue weighted by Gasteiger charge is 2.41. The standard InChI is InChI=1S/C25H36N6O5S2/c1-12(11-38(35,36)25(4,5)6)27-24-28-13(2)18(23-30-19-14(3)26-8-7-17(19)37-23)22(31-24)29-16-9-15(10-32)20(33)21(16)34/h7-8,12,15-16,20-21,32-34H,9-11H2,1-6H3,(H2,27,28,29,31)/t12-,15-,16-,20-,21+/m1/s1. The lowest BCUT2D eigenvalue weighted by Gasteiger charge is -2.24. The summed E-state index contributed by atoms with van der Waals surface area (Å²) in [6, 6.07) is 0.855. The average Bonchev–Trinajstić information content (AvgIpc) is 3.35. The van der Waals surface area contributed by atoms with Gasteiger partial charge in [-0.1, -0.05) is 0 Å². The topological polar surface area (TPSA) is 170 Å². The zero-order valence-corrected chi connectivity index (χ0v) is 24.1. The maximum atomic E-state index is 12.7. The van der Waals surface area contributed by atoms with Crippen LogP contribution in [0, 0.1) is 19.8 Å². The minimum atomic E-state index is -3.38. The summed E-state index contributed by atoms with van der Waals surface area (Å²) in [7, 11) is -3.38. The predicted molar refractivity (Wildman–Crippen MR) is 149 cm³/mol. The van der Waals surface area contributed by atoms with E-state index in [4.69, 9.17) is 4.98 Å². The number of anilines is 2. The number of aromatic nitrogens is 4. The largest absolute Gasteiger partial charge is 0.396 e. The van der Waals surface area contributed by atoms with Crippen LogP contribution in [0.25, 0.3) is 20.8 Å². The molecule has 0 bridgehead atoms. The smallest absolute Gasteiger partial charge is 0.225 e. The maximum Gasteiger partial charge on any atom is 0.225 e. The number of rotatable bonds is 8. The third-order valence-electron chi connectivity index (χ3n) is 6.93. The molecule has 0 spiro atoms. The zero-order chi connectivity index (χ0) is 28.0. The number of aryl methyl sites for hydroxylation is 2. The monoisotopic (exact) mass is 564 g/mol. The molecule has 0 unspecified atom stereocenters. The summed E-state index contributed by atoms with van der Waals surface area (Å²) in [5.41, 5.74) is 2.82. The van der Waals surface area contributed by atoms with Crippen LogP contribution in [0.15, 0.2) is 12.3 Å². The number of hydrogen-bond acceptors (Lipinski definition) is 12. The first-order valence-electron chi connectivity index (χ1n) is 12.6. The minimum Gasteiger partial charge on any atom is -0.396 e. The van der Waals surface area contributed by atoms with Gasteiger partial charge in [0.15, 0.2) is 9.84 Å². The van der Waals surface area contributed by atoms with Crippen molar-refractivity contribution in [1.82, 2.24) is 19.9 Å². The molecule has 0 saturated heterocycles. The SMILES string of the molecule is Cc1nc(N[C@H](C)CS(=O)(=O)C(C)(C)C)nc(N[C@@H]2C[C@H](CO)[C@@H](O)[C@H]2O)c1-c1nc2c(C)nccc2s1. The zero-order valence-electron chi connectivity index (χ0n) is 22.4. The van der Waals surface area contributed by atoms with E-state index in [-0.39, 0.29) is 18.3 Å². The Kier molecular flexibility index (Phi) is 7.97. The van der Waals surface area contributed by atoms with Crippen LogP contribution < -0.4 is 10.6 Å². The maximum absolute atomic E-state index is 12.7. The van der Waals surface area contributed by atoms with Crippen LogP contribution in [0.5, 0.6) is 0 Å². The number of nitrogens with zero attached hydrogens (tertiary/aromatic N) is 4. The van der Waals surface area contributed by atoms with Crippen molar-refractivity contribution >= 4 is 43.2 Å². The molecule has 3 aromatic heterocycles. The highest BCUT2D eigenvalue weighted by Crippen LogP contribution is 2.38. The second kappa shape index (κ2) is 10.6. The molecule has 208 valence electrons. The van der Waals surface area contributed by atoms with Crippen molar-refractivity contribution in [2.75, 3.05) is 23.0 Å². The lowest BCUT2D eigenvalue weighted by molar-refractivity contribution is 0.00446. The number of fused-ring (bicyclic) bond motifs is 1. The second-order valence-corrected chi connectivity index (χ2v) is 14.8. The Morgan fingerprint density at radius 3 is 2.45 bits per heavy atom. The molecular weight excluding hydrogens is 528 g/mol. The van der Waals surface area contributed by atoms with Gasteiger partial charge in [0.1, 0.15) is 22.4 Å². The van der Waals surface area contributed by atoms with Crippen LogP contribution in [0.3, 0.4) is 0 Å². The molecular formula is C25H36N6O5S2. The number of aliphatic hydroxyl groups excluding tert-OH is 3. The van der Waals surface area contributed by atoms with Crippen molar-refractivity contribution in [2.24, 2.45) is 5.92 Å². The molecule has 13 heteroatoms. The summed E-state index contributed by atoms with van der Waals surface area (Å²) in [4.78, 5) is 18.4. The second-order valence-electron chi connectivity index (χ2n) is 11.0. The van der Waals surface area contributed by atoms with Crippen LogP contribution >= 0.6 is 11.3 Å². The van der Waals surface area contributed by atoms with Gasteiger partial charge in [-0.15, -0.1) is 11.3 Å². The van der Waals surface area contributed by atoms with Gasteiger partial charge in [0.05, 0.1) is 44.3 Å². The van der Waals surface area contributed by atoms with Gasteiger partial charge in [0.25, 0.3) is 0 Å². The molecule has 5 N–H and O–H groups in total. The fourth-order valence-corrected chi connectivity index (χ4v) is 6.90. The molecule has 11 nitrogen and oxygen atoms in total. The molecule has 3 aromatic rings. The highest BCUT2D eigenvalue weighted by molar-refractivity contribution is 7.92. The van der Waals surface area contributed by atoms with Crippen molar-refractivity contribution in [3.05, 3.63) is 23.7 Å². The molecule has 0 aromatic carbocycles. The Bertz CT molecular complexity index is 1420. The number of aliphatic hydroxyl groups is 3. The normalized spacial score (nSPS) is 23.1. The van der Waals surface area contributed by atoms with Gasteiger partial charge in [0.2, 0.25) is 5.95 Å². The predicted octanol–water partition coefficient (Wildman–Crippen LogP) is 2.29. The van der Waals surface area contributed by atoms with Crippen LogP contribution in [0.2, 0.25) is 0 Å². The average molecular weight is 565 g/mol. The van der Waals surface area contributed by atoms with Crippen LogP contribution in [-0.4, -0.2) is 85.1 Å². The first-order valence-corrected chi connectivity index (χ1v) is 15.0. The van der Waals surface area contributed by atoms with E-state index in [9.17, 15) is 23.7 Å². The fourth-order valence-electron chi connectivity index (χ4n) is 4.55. The number of nitrogens with one attached hydrogen (secondary N) is 2. The summed E-state index contributed by atoms with van der Waals surface area (Å²) < 4.78 is 25.5. The molecule has 5 atom stereocenters. The Labute approximate surface area is 226 Å². The summed E-state index contributed by atoms with van der Waals surface area (Å²) >= 11 is 1.46. The summed E-state index contributed by atoms with van der Waals surface area (Å²) in [6.45, 7) is 10.2. The summed E-state index contributed by atoms with van der Waals surface area (Å²) in [6.07, 6.45) is -0.106. The van der Waals surface area contributed by atoms with E-state index in [2.05, 4.69) is 25.6 Å². The van der Waals surface area contributed by atoms with Crippen molar-refractivity contribution in [2.45, 2.75) is 77.0 Å². The van der Waals surface area contributed by atoms with Crippen molar-refractivity contribution in [1.29, 1.82) is 0 Å². The van der Waals surface area contributed by atoms with Gasteiger partial charge >= 0.3 is 0 Å². The van der Waals surface area contributed by atoms with Crippen LogP contribution in [0.4, 0.5) is 11.8 Å². The van der Waals surface area contributed by atoms with E-state index in [1.807, 2.05) is 19.9 Å². The van der Waals surface area contributed by atoms with Gasteiger partial charge in [-0.3, -0.25) is 4.98 Å². The van der Waals surface area contributed by atoms with Crippen molar-refractivity contribution < 1.29 is 23.7 Å². The van der Waals surface area contributed by atoms with E-state index in [0.717, 1.165) is 15.9 Å². The first-order chi connectivity index (χ1) is 17.7. The third-order valence-corrected chi connectivity index (χ3v) is 10.8. The molecule has 0 aliphatic heterocycles. The number of sulfone groups is 1. The van der Waals surface area contributed by atoms with Gasteiger partial charge in [-0.05, 0) is 54.0 Å². The Hall–Kier alpha value is -2.45. The summed E-state index contributed by atoms with van der Waals surface area (Å²) in [5, 5.41) is 37.7. The van der Waals surface area contributed by atoms with Crippen molar-refractivity contribution in [3.63, 3.8) is 0 Å². The highest BCUT2D eigenvalue weighted by atomic mass is 32.2. The lowest BCUT2D eigenvalue weighted by Crippen LogP contribution is -2.37. The van der Waals surface area contributed by atoms with Crippen molar-refractivity contribution in [3.8, 4) is 10.6 Å². The number of thiazole rings is 1. The Balaban J connectivity index is 1.73. The van der Waals surface area contributed by atoms with Gasteiger partial charge in [-0.2, -0.15) is 4.98 Å². The molecule has 3 heterocycles. The van der Waals surface area contributed by atoms with Gasteiger partial charge in [0, 0.05) is 24.8 Å². The van der Waals surface area contributed by atoms with E-state index in [1.165, 1.54) is 11.3 Å². The lowest BCUT2D eigenvalue weighted by atomic mass is 10.1. The van der Waals surface area contributed by atoms with Gasteiger partial charge < -0.3 is 26.0 Å². The molecule has 38 heavy (non-hydrogen) atoms. The molecule has 0 amide bonds. The summed E-state index contributed by atoms with van der Waals surface area (Å²) in [5.74, 6) is 0.0611. The van der Waals surface area contributed by atoms with E-state index < -0.39 is 44.8 Å². The molecule has 1 saturated carbocycles. The van der Waals surface area contributed by atoms with Crippen LogP contribution in [0.1, 0.15) is 45.5 Å². The van der Waals surface area contributed by atoms with Crippen LogP contribution in [-0.2, 0) is 9.84 Å². The quantitative estimate of drug-likeness (QED) is 0.272. The molecule has 0 radical (unpaired) electrons. The molecule has 4 rings (SSSR count). The molecule has 1 fully saturated rings.